The van der Waals surface area contributed by atoms with Crippen LogP contribution in [0.1, 0.15) is 25.1 Å². The Bertz CT molecular complexity index is 732. The summed E-state index contributed by atoms with van der Waals surface area (Å²) in [4.78, 5) is 19.2. The number of amides is 1. The van der Waals surface area contributed by atoms with Gasteiger partial charge >= 0.3 is 6.18 Å². The van der Waals surface area contributed by atoms with Crippen molar-refractivity contribution >= 4 is 22.6 Å². The summed E-state index contributed by atoms with van der Waals surface area (Å²) in [6.45, 7) is 0.579. The van der Waals surface area contributed by atoms with Gasteiger partial charge in [0.2, 0.25) is 11.7 Å². The molecule has 0 spiro atoms. The molecular formula is C15H15F3N4O. The molecule has 2 heterocycles. The molecule has 1 amide bonds. The summed E-state index contributed by atoms with van der Waals surface area (Å²) in [5.74, 6) is -1.41. The summed E-state index contributed by atoms with van der Waals surface area (Å²) in [7, 11) is 0. The van der Waals surface area contributed by atoms with Crippen molar-refractivity contribution in [3.8, 4) is 0 Å². The fourth-order valence-corrected chi connectivity index (χ4v) is 2.56. The summed E-state index contributed by atoms with van der Waals surface area (Å²) >= 11 is 0. The van der Waals surface area contributed by atoms with Crippen molar-refractivity contribution < 1.29 is 18.0 Å². The standard InChI is InChI=1S/C15H15F3N4O/c16-15(17,18)14-21-10-6-2-1-5-9(10)12(22-14)20-11-7-3-4-8-19-13(11)23/h1-2,5-6,11H,3-4,7-8H2,(H,19,23)(H,20,21,22)/t11-/m1/s1. The molecule has 1 atom stereocenters. The number of rotatable bonds is 2. The highest BCUT2D eigenvalue weighted by atomic mass is 19.4. The van der Waals surface area contributed by atoms with E-state index in [4.69, 9.17) is 0 Å². The molecule has 1 aromatic heterocycles. The Kier molecular flexibility index (Phi) is 4.06. The Hall–Kier alpha value is -2.38. The molecule has 0 saturated carbocycles. The van der Waals surface area contributed by atoms with Crippen LogP contribution in [0.15, 0.2) is 24.3 Å². The van der Waals surface area contributed by atoms with Gasteiger partial charge in [0.25, 0.3) is 0 Å². The van der Waals surface area contributed by atoms with Crippen molar-refractivity contribution in [3.63, 3.8) is 0 Å². The van der Waals surface area contributed by atoms with Gasteiger partial charge in [-0.25, -0.2) is 9.97 Å². The number of nitrogens with one attached hydrogen (secondary N) is 2. The lowest BCUT2D eigenvalue weighted by molar-refractivity contribution is -0.144. The summed E-state index contributed by atoms with van der Waals surface area (Å²) < 4.78 is 39.0. The first-order valence-electron chi connectivity index (χ1n) is 7.33. The number of hydrogen-bond acceptors (Lipinski definition) is 4. The van der Waals surface area contributed by atoms with Gasteiger partial charge < -0.3 is 10.6 Å². The highest BCUT2D eigenvalue weighted by Gasteiger charge is 2.36. The van der Waals surface area contributed by atoms with Gasteiger partial charge in [0.1, 0.15) is 11.9 Å². The van der Waals surface area contributed by atoms with Gasteiger partial charge in [-0.05, 0) is 31.4 Å². The van der Waals surface area contributed by atoms with E-state index in [0.29, 0.717) is 18.4 Å². The minimum atomic E-state index is -4.65. The highest BCUT2D eigenvalue weighted by Crippen LogP contribution is 2.30. The maximum atomic E-state index is 13.0. The fraction of sp³-hybridized carbons (Fsp3) is 0.400. The second-order valence-electron chi connectivity index (χ2n) is 5.39. The van der Waals surface area contributed by atoms with E-state index >= 15 is 0 Å². The Labute approximate surface area is 130 Å². The Morgan fingerprint density at radius 3 is 2.74 bits per heavy atom. The number of hydrogen-bond donors (Lipinski definition) is 2. The van der Waals surface area contributed by atoms with Gasteiger partial charge in [0.15, 0.2) is 0 Å². The predicted octanol–water partition coefficient (Wildman–Crippen LogP) is 2.73. The molecule has 0 aliphatic carbocycles. The average Bonchev–Trinajstić information content (AvgIpc) is 2.71. The number of para-hydroxylation sites is 1. The van der Waals surface area contributed by atoms with E-state index in [1.807, 2.05) is 0 Å². The van der Waals surface area contributed by atoms with E-state index in [-0.39, 0.29) is 17.2 Å². The van der Waals surface area contributed by atoms with Crippen molar-refractivity contribution in [2.45, 2.75) is 31.5 Å². The molecule has 1 fully saturated rings. The van der Waals surface area contributed by atoms with Crippen molar-refractivity contribution in [1.29, 1.82) is 0 Å². The zero-order valence-corrected chi connectivity index (χ0v) is 12.2. The molecule has 2 aromatic rings. The number of anilines is 1. The maximum absolute atomic E-state index is 13.0. The van der Waals surface area contributed by atoms with E-state index in [1.165, 1.54) is 6.07 Å². The number of alkyl halides is 3. The van der Waals surface area contributed by atoms with E-state index < -0.39 is 18.0 Å². The van der Waals surface area contributed by atoms with Crippen LogP contribution < -0.4 is 10.6 Å². The molecule has 2 N–H and O–H groups in total. The lowest BCUT2D eigenvalue weighted by Gasteiger charge is -2.18. The fourth-order valence-electron chi connectivity index (χ4n) is 2.56. The smallest absolute Gasteiger partial charge is 0.358 e. The van der Waals surface area contributed by atoms with Gasteiger partial charge in [-0.3, -0.25) is 4.79 Å². The van der Waals surface area contributed by atoms with Crippen LogP contribution in [0.25, 0.3) is 10.9 Å². The molecular weight excluding hydrogens is 309 g/mol. The van der Waals surface area contributed by atoms with E-state index in [9.17, 15) is 18.0 Å². The number of aromatic nitrogens is 2. The first-order chi connectivity index (χ1) is 10.9. The first-order valence-corrected chi connectivity index (χ1v) is 7.33. The molecule has 23 heavy (non-hydrogen) atoms. The number of benzene rings is 1. The molecule has 1 aromatic carbocycles. The number of carbonyl (C=O) groups is 1. The molecule has 5 nitrogen and oxygen atoms in total. The Morgan fingerprint density at radius 2 is 1.96 bits per heavy atom. The quantitative estimate of drug-likeness (QED) is 0.891. The molecule has 8 heteroatoms. The minimum Gasteiger partial charge on any atom is -0.358 e. The molecule has 1 aliphatic heterocycles. The normalized spacial score (nSPS) is 19.3. The van der Waals surface area contributed by atoms with Crippen molar-refractivity contribution in [2.24, 2.45) is 0 Å². The third-order valence-electron chi connectivity index (χ3n) is 3.70. The van der Waals surface area contributed by atoms with Crippen LogP contribution in [0.4, 0.5) is 19.0 Å². The van der Waals surface area contributed by atoms with Gasteiger partial charge in [-0.1, -0.05) is 12.1 Å². The summed E-state index contributed by atoms with van der Waals surface area (Å²) in [6.07, 6.45) is -2.44. The largest absolute Gasteiger partial charge is 0.451 e. The van der Waals surface area contributed by atoms with Crippen LogP contribution in [-0.4, -0.2) is 28.5 Å². The number of halogens is 3. The third-order valence-corrected chi connectivity index (χ3v) is 3.70. The van der Waals surface area contributed by atoms with Crippen LogP contribution in [0.3, 0.4) is 0 Å². The lowest BCUT2D eigenvalue weighted by atomic mass is 10.1. The minimum absolute atomic E-state index is 0.0324. The van der Waals surface area contributed by atoms with Gasteiger partial charge in [0, 0.05) is 11.9 Å². The first kappa shape index (κ1) is 15.5. The van der Waals surface area contributed by atoms with Crippen molar-refractivity contribution in [1.82, 2.24) is 15.3 Å². The number of fused-ring (bicyclic) bond motifs is 1. The summed E-state index contributed by atoms with van der Waals surface area (Å²) in [5, 5.41) is 6.06. The molecule has 1 saturated heterocycles. The Morgan fingerprint density at radius 1 is 1.17 bits per heavy atom. The summed E-state index contributed by atoms with van der Waals surface area (Å²) in [5.41, 5.74) is 0.186. The van der Waals surface area contributed by atoms with Crippen LogP contribution >= 0.6 is 0 Å². The molecule has 1 aliphatic rings. The van der Waals surface area contributed by atoms with E-state index in [1.54, 1.807) is 18.2 Å². The maximum Gasteiger partial charge on any atom is 0.451 e. The number of nitrogens with zero attached hydrogens (tertiary/aromatic N) is 2. The van der Waals surface area contributed by atoms with Gasteiger partial charge in [0.05, 0.1) is 5.52 Å². The van der Waals surface area contributed by atoms with Crippen LogP contribution in [0.2, 0.25) is 0 Å². The second-order valence-corrected chi connectivity index (χ2v) is 5.39. The lowest BCUT2D eigenvalue weighted by Crippen LogP contribution is -2.38. The molecule has 0 unspecified atom stereocenters. The van der Waals surface area contributed by atoms with Crippen LogP contribution in [0.5, 0.6) is 0 Å². The van der Waals surface area contributed by atoms with Gasteiger partial charge in [-0.2, -0.15) is 13.2 Å². The highest BCUT2D eigenvalue weighted by molar-refractivity contribution is 5.92. The Balaban J connectivity index is 2.02. The van der Waals surface area contributed by atoms with Gasteiger partial charge in [-0.15, -0.1) is 0 Å². The third kappa shape index (κ3) is 3.35. The summed E-state index contributed by atoms with van der Waals surface area (Å²) in [6, 6.07) is 5.82. The van der Waals surface area contributed by atoms with E-state index in [0.717, 1.165) is 12.8 Å². The average molecular weight is 324 g/mol. The van der Waals surface area contributed by atoms with Crippen molar-refractivity contribution in [3.05, 3.63) is 30.1 Å². The van der Waals surface area contributed by atoms with Crippen LogP contribution in [-0.2, 0) is 11.0 Å². The van der Waals surface area contributed by atoms with E-state index in [2.05, 4.69) is 20.6 Å². The molecule has 122 valence electrons. The molecule has 0 bridgehead atoms. The predicted molar refractivity (Wildman–Crippen MR) is 78.8 cm³/mol. The monoisotopic (exact) mass is 324 g/mol. The SMILES string of the molecule is O=C1NCCCC[C@H]1Nc1nc(C(F)(F)F)nc2ccccc12. The zero-order valence-electron chi connectivity index (χ0n) is 12.2. The molecule has 3 rings (SSSR count). The topological polar surface area (TPSA) is 66.9 Å². The molecule has 0 radical (unpaired) electrons. The number of carbonyl (C=O) groups excluding carboxylic acids is 1. The second kappa shape index (κ2) is 6.02. The zero-order chi connectivity index (χ0) is 16.4. The van der Waals surface area contributed by atoms with Crippen molar-refractivity contribution in [2.75, 3.05) is 11.9 Å². The van der Waals surface area contributed by atoms with Crippen LogP contribution in [0, 0.1) is 0 Å².